The molecule has 7 heteroatoms. The fourth-order valence-corrected chi connectivity index (χ4v) is 3.48. The molecule has 0 unspecified atom stereocenters. The van der Waals surface area contributed by atoms with Crippen molar-refractivity contribution in [2.75, 3.05) is 18.6 Å². The van der Waals surface area contributed by atoms with Gasteiger partial charge in [-0.2, -0.15) is 5.10 Å². The molecule has 4 rings (SSSR count). The summed E-state index contributed by atoms with van der Waals surface area (Å²) >= 11 is 0. The molecule has 0 fully saturated rings. The summed E-state index contributed by atoms with van der Waals surface area (Å²) in [6, 6.07) is 17.1. The van der Waals surface area contributed by atoms with Gasteiger partial charge in [0.15, 0.2) is 0 Å². The first-order chi connectivity index (χ1) is 14.2. The van der Waals surface area contributed by atoms with E-state index < -0.39 is 31.1 Å². The molecule has 0 saturated carbocycles. The van der Waals surface area contributed by atoms with Gasteiger partial charge in [-0.15, -0.1) is 0 Å². The summed E-state index contributed by atoms with van der Waals surface area (Å²) in [4.78, 5) is 26.8. The zero-order valence-corrected chi connectivity index (χ0v) is 15.4. The fourth-order valence-electron chi connectivity index (χ4n) is 3.48. The standard InChI is InChI=1S/C22H19N3O4/c26-12-15(13-27)25-21(28)17-8-4-7-16-19(10-9-18(20(16)17)22(25)29)24-23-11-14-5-2-1-3-6-14/h1-11,15,24,26-27H,12-13H2/b23-11+. The van der Waals surface area contributed by atoms with E-state index in [1.54, 1.807) is 30.5 Å². The molecule has 0 aromatic heterocycles. The minimum absolute atomic E-state index is 0.347. The van der Waals surface area contributed by atoms with Crippen LogP contribution in [0.1, 0.15) is 26.3 Å². The second-order valence-corrected chi connectivity index (χ2v) is 6.67. The normalized spacial score (nSPS) is 13.7. The van der Waals surface area contributed by atoms with Crippen LogP contribution in [-0.4, -0.2) is 52.4 Å². The number of nitrogens with one attached hydrogen (secondary N) is 1. The Kier molecular flexibility index (Phi) is 5.07. The van der Waals surface area contributed by atoms with Crippen LogP contribution in [0.2, 0.25) is 0 Å². The first kappa shape index (κ1) is 18.8. The smallest absolute Gasteiger partial charge is 0.261 e. The van der Waals surface area contributed by atoms with E-state index in [2.05, 4.69) is 10.5 Å². The molecule has 3 aromatic carbocycles. The Labute approximate surface area is 166 Å². The molecule has 1 heterocycles. The van der Waals surface area contributed by atoms with E-state index in [9.17, 15) is 19.8 Å². The number of benzene rings is 3. The highest BCUT2D eigenvalue weighted by Crippen LogP contribution is 2.35. The SMILES string of the molecule is O=C1c2cccc3c(N/N=C/c4ccccc4)ccc(c23)C(=O)N1C(CO)CO. The van der Waals surface area contributed by atoms with Crippen LogP contribution < -0.4 is 5.43 Å². The highest BCUT2D eigenvalue weighted by Gasteiger charge is 2.37. The van der Waals surface area contributed by atoms with Crippen molar-refractivity contribution in [3.63, 3.8) is 0 Å². The summed E-state index contributed by atoms with van der Waals surface area (Å²) in [5.74, 6) is -1.07. The van der Waals surface area contributed by atoms with E-state index in [-0.39, 0.29) is 0 Å². The van der Waals surface area contributed by atoms with Gasteiger partial charge in [-0.25, -0.2) is 0 Å². The highest BCUT2D eigenvalue weighted by molar-refractivity contribution is 6.26. The van der Waals surface area contributed by atoms with Crippen molar-refractivity contribution < 1.29 is 19.8 Å². The lowest BCUT2D eigenvalue weighted by Crippen LogP contribution is -2.50. The van der Waals surface area contributed by atoms with Crippen LogP contribution >= 0.6 is 0 Å². The van der Waals surface area contributed by atoms with E-state index >= 15 is 0 Å². The van der Waals surface area contributed by atoms with Crippen molar-refractivity contribution in [1.29, 1.82) is 0 Å². The van der Waals surface area contributed by atoms with Crippen LogP contribution in [0.5, 0.6) is 0 Å². The summed E-state index contributed by atoms with van der Waals surface area (Å²) in [7, 11) is 0. The third kappa shape index (κ3) is 3.26. The monoisotopic (exact) mass is 389 g/mol. The van der Waals surface area contributed by atoms with Gasteiger partial charge in [0.25, 0.3) is 11.8 Å². The molecule has 1 aliphatic heterocycles. The third-order valence-electron chi connectivity index (χ3n) is 4.92. The van der Waals surface area contributed by atoms with Gasteiger partial charge in [-0.3, -0.25) is 19.9 Å². The van der Waals surface area contributed by atoms with Crippen LogP contribution in [0.25, 0.3) is 10.8 Å². The Morgan fingerprint density at radius 1 is 0.897 bits per heavy atom. The minimum Gasteiger partial charge on any atom is -0.394 e. The Morgan fingerprint density at radius 3 is 2.28 bits per heavy atom. The number of imide groups is 1. The van der Waals surface area contributed by atoms with Gasteiger partial charge >= 0.3 is 0 Å². The molecule has 2 amide bonds. The lowest BCUT2D eigenvalue weighted by Gasteiger charge is -2.32. The molecule has 0 bridgehead atoms. The van der Waals surface area contributed by atoms with Gasteiger partial charge in [-0.1, -0.05) is 42.5 Å². The van der Waals surface area contributed by atoms with Crippen molar-refractivity contribution in [2.45, 2.75) is 6.04 Å². The predicted molar refractivity (Wildman–Crippen MR) is 110 cm³/mol. The molecule has 0 atom stereocenters. The maximum atomic E-state index is 12.9. The van der Waals surface area contributed by atoms with E-state index in [4.69, 9.17) is 0 Å². The average Bonchev–Trinajstić information content (AvgIpc) is 2.76. The molecule has 7 nitrogen and oxygen atoms in total. The zero-order chi connectivity index (χ0) is 20.4. The van der Waals surface area contributed by atoms with Crippen molar-refractivity contribution >= 4 is 34.5 Å². The molecule has 146 valence electrons. The highest BCUT2D eigenvalue weighted by atomic mass is 16.3. The number of carbonyl (C=O) groups excluding carboxylic acids is 2. The minimum atomic E-state index is -0.980. The van der Waals surface area contributed by atoms with Gasteiger partial charge in [-0.05, 0) is 23.8 Å². The molecule has 3 N–H and O–H groups in total. The molecule has 0 radical (unpaired) electrons. The molecule has 29 heavy (non-hydrogen) atoms. The predicted octanol–water partition coefficient (Wildman–Crippen LogP) is 2.23. The number of hydrazone groups is 1. The summed E-state index contributed by atoms with van der Waals surface area (Å²) in [5.41, 5.74) is 5.26. The lowest BCUT2D eigenvalue weighted by molar-refractivity contribution is 0.0375. The summed E-state index contributed by atoms with van der Waals surface area (Å²) in [6.45, 7) is -1.01. The number of anilines is 1. The maximum Gasteiger partial charge on any atom is 0.261 e. The van der Waals surface area contributed by atoms with E-state index in [1.165, 1.54) is 0 Å². The lowest BCUT2D eigenvalue weighted by atomic mass is 9.92. The third-order valence-corrected chi connectivity index (χ3v) is 4.92. The van der Waals surface area contributed by atoms with Crippen LogP contribution in [0.15, 0.2) is 65.8 Å². The van der Waals surface area contributed by atoms with E-state index in [1.807, 2.05) is 36.4 Å². The number of nitrogens with zero attached hydrogens (tertiary/aromatic N) is 2. The maximum absolute atomic E-state index is 12.9. The van der Waals surface area contributed by atoms with Crippen LogP contribution in [0.4, 0.5) is 5.69 Å². The second kappa shape index (κ2) is 7.83. The molecule has 1 aliphatic rings. The topological polar surface area (TPSA) is 102 Å². The van der Waals surface area contributed by atoms with Gasteiger partial charge in [0, 0.05) is 21.9 Å². The zero-order valence-electron chi connectivity index (χ0n) is 15.4. The fraction of sp³-hybridized carbons (Fsp3) is 0.136. The first-order valence-electron chi connectivity index (χ1n) is 9.15. The quantitative estimate of drug-likeness (QED) is 0.341. The number of hydrogen-bond acceptors (Lipinski definition) is 6. The van der Waals surface area contributed by atoms with Crippen LogP contribution in [-0.2, 0) is 0 Å². The first-order valence-corrected chi connectivity index (χ1v) is 9.15. The largest absolute Gasteiger partial charge is 0.394 e. The van der Waals surface area contributed by atoms with Crippen molar-refractivity contribution in [3.8, 4) is 0 Å². The molecule has 3 aromatic rings. The summed E-state index contributed by atoms with van der Waals surface area (Å²) in [5, 5.41) is 24.4. The number of aliphatic hydroxyl groups is 2. The number of carbonyl (C=O) groups is 2. The van der Waals surface area contributed by atoms with Crippen LogP contribution in [0.3, 0.4) is 0 Å². The molecule has 0 saturated heterocycles. The number of amides is 2. The van der Waals surface area contributed by atoms with Crippen LogP contribution in [0, 0.1) is 0 Å². The van der Waals surface area contributed by atoms with Crippen molar-refractivity contribution in [3.05, 3.63) is 77.4 Å². The van der Waals surface area contributed by atoms with Gasteiger partial charge in [0.2, 0.25) is 0 Å². The Balaban J connectivity index is 1.75. The van der Waals surface area contributed by atoms with Gasteiger partial charge in [0.1, 0.15) is 0 Å². The number of hydrogen-bond donors (Lipinski definition) is 3. The van der Waals surface area contributed by atoms with Gasteiger partial charge < -0.3 is 10.2 Å². The number of rotatable bonds is 6. The Hall–Kier alpha value is -3.55. The van der Waals surface area contributed by atoms with Crippen molar-refractivity contribution in [1.82, 2.24) is 4.90 Å². The second-order valence-electron chi connectivity index (χ2n) is 6.67. The Bertz CT molecular complexity index is 1090. The molecule has 0 spiro atoms. The van der Waals surface area contributed by atoms with E-state index in [0.29, 0.717) is 27.6 Å². The Morgan fingerprint density at radius 2 is 1.59 bits per heavy atom. The average molecular weight is 389 g/mol. The molecular formula is C22H19N3O4. The summed E-state index contributed by atoms with van der Waals surface area (Å²) in [6.07, 6.45) is 1.68. The molecule has 0 aliphatic carbocycles. The summed E-state index contributed by atoms with van der Waals surface area (Å²) < 4.78 is 0. The number of aliphatic hydroxyl groups excluding tert-OH is 2. The van der Waals surface area contributed by atoms with Crippen molar-refractivity contribution in [2.24, 2.45) is 5.10 Å². The van der Waals surface area contributed by atoms with Gasteiger partial charge in [0.05, 0.1) is 31.2 Å². The van der Waals surface area contributed by atoms with E-state index in [0.717, 1.165) is 10.5 Å². The molecular weight excluding hydrogens is 370 g/mol.